The summed E-state index contributed by atoms with van der Waals surface area (Å²) >= 11 is 1.38. The first-order valence-electron chi connectivity index (χ1n) is 11.7. The van der Waals surface area contributed by atoms with Gasteiger partial charge in [-0.15, -0.1) is 11.8 Å². The molecular weight excluding hydrogens is 470 g/mol. The number of piperidine rings is 1. The number of anilines is 1. The number of carbonyl (C=O) groups is 2. The Hall–Kier alpha value is -2.36. The van der Waals surface area contributed by atoms with E-state index in [9.17, 15) is 18.0 Å². The van der Waals surface area contributed by atoms with Crippen molar-refractivity contribution in [2.24, 2.45) is 5.92 Å². The van der Waals surface area contributed by atoms with Gasteiger partial charge >= 0.3 is 0 Å². The van der Waals surface area contributed by atoms with Crippen LogP contribution in [0.1, 0.15) is 30.9 Å². The van der Waals surface area contributed by atoms with Crippen LogP contribution in [0.4, 0.5) is 5.69 Å². The molecule has 0 aromatic heterocycles. The second kappa shape index (κ2) is 9.36. The first kappa shape index (κ1) is 23.4. The van der Waals surface area contributed by atoms with Crippen LogP contribution in [0.2, 0.25) is 0 Å². The molecule has 9 heteroatoms. The van der Waals surface area contributed by atoms with E-state index in [1.165, 1.54) is 26.5 Å². The lowest BCUT2D eigenvalue weighted by Gasteiger charge is -2.34. The summed E-state index contributed by atoms with van der Waals surface area (Å²) in [6.07, 6.45) is 2.48. The van der Waals surface area contributed by atoms with Gasteiger partial charge in [0, 0.05) is 31.1 Å². The molecule has 0 bridgehead atoms. The van der Waals surface area contributed by atoms with Crippen molar-refractivity contribution in [2.75, 3.05) is 36.8 Å². The maximum absolute atomic E-state index is 13.3. The van der Waals surface area contributed by atoms with Crippen molar-refractivity contribution in [2.45, 2.75) is 42.5 Å². The third-order valence-electron chi connectivity index (χ3n) is 7.03. The molecule has 34 heavy (non-hydrogen) atoms. The number of rotatable bonds is 4. The summed E-state index contributed by atoms with van der Waals surface area (Å²) in [7, 11) is -3.65. The number of nitrogens with zero attached hydrogens (tertiary/aromatic N) is 3. The Labute approximate surface area is 205 Å². The van der Waals surface area contributed by atoms with E-state index in [2.05, 4.69) is 13.0 Å². The Morgan fingerprint density at radius 3 is 2.56 bits per heavy atom. The van der Waals surface area contributed by atoms with Crippen molar-refractivity contribution in [3.8, 4) is 0 Å². The van der Waals surface area contributed by atoms with E-state index in [0.717, 1.165) is 29.7 Å². The van der Waals surface area contributed by atoms with Crippen LogP contribution in [0.3, 0.4) is 0 Å². The Morgan fingerprint density at radius 2 is 1.79 bits per heavy atom. The minimum atomic E-state index is -3.65. The summed E-state index contributed by atoms with van der Waals surface area (Å²) in [5.41, 5.74) is 2.90. The number of carbonyl (C=O) groups excluding carboxylic acids is 2. The fourth-order valence-corrected chi connectivity index (χ4v) is 7.24. The van der Waals surface area contributed by atoms with E-state index in [4.69, 9.17) is 0 Å². The third kappa shape index (κ3) is 4.48. The predicted molar refractivity (Wildman–Crippen MR) is 132 cm³/mol. The maximum atomic E-state index is 13.3. The number of sulfonamides is 1. The zero-order valence-corrected chi connectivity index (χ0v) is 20.9. The summed E-state index contributed by atoms with van der Waals surface area (Å²) in [6, 6.07) is 13.1. The van der Waals surface area contributed by atoms with Crippen LogP contribution in [0.5, 0.6) is 0 Å². The van der Waals surface area contributed by atoms with E-state index in [1.807, 2.05) is 18.2 Å². The van der Waals surface area contributed by atoms with E-state index in [-0.39, 0.29) is 29.0 Å². The minimum absolute atomic E-state index is 0.0840. The number of benzene rings is 2. The molecule has 2 aromatic carbocycles. The second-order valence-corrected chi connectivity index (χ2v) is 12.3. The van der Waals surface area contributed by atoms with Crippen molar-refractivity contribution in [1.82, 2.24) is 9.21 Å². The predicted octanol–water partition coefficient (Wildman–Crippen LogP) is 3.13. The van der Waals surface area contributed by atoms with Crippen molar-refractivity contribution >= 4 is 39.3 Å². The maximum Gasteiger partial charge on any atom is 0.243 e. The zero-order valence-electron chi connectivity index (χ0n) is 19.3. The SMILES string of the molecule is CC1CCN(S(=O)(=O)c2ccc3c(c2)N(CC(=O)N2CCc4ccccc4C2)C(=O)CS3)CC1. The molecule has 1 saturated heterocycles. The molecule has 0 radical (unpaired) electrons. The lowest BCUT2D eigenvalue weighted by atomic mass is 10.00. The van der Waals surface area contributed by atoms with Crippen molar-refractivity contribution < 1.29 is 18.0 Å². The average molecular weight is 500 g/mol. The first-order chi connectivity index (χ1) is 16.3. The van der Waals surface area contributed by atoms with Crippen LogP contribution in [-0.4, -0.2) is 61.4 Å². The summed E-state index contributed by atoms with van der Waals surface area (Å²) in [5, 5.41) is 0. The Bertz CT molecular complexity index is 1220. The number of amides is 2. The average Bonchev–Trinajstić information content (AvgIpc) is 2.85. The number of fused-ring (bicyclic) bond motifs is 2. The number of hydrogen-bond acceptors (Lipinski definition) is 5. The fourth-order valence-electron chi connectivity index (χ4n) is 4.83. The van der Waals surface area contributed by atoms with Gasteiger partial charge in [0.15, 0.2) is 0 Å². The summed E-state index contributed by atoms with van der Waals surface area (Å²) in [5.74, 6) is 0.454. The van der Waals surface area contributed by atoms with Gasteiger partial charge in [-0.2, -0.15) is 4.31 Å². The molecular formula is C25H29N3O4S2. The van der Waals surface area contributed by atoms with Crippen LogP contribution < -0.4 is 4.90 Å². The topological polar surface area (TPSA) is 78.0 Å². The zero-order chi connectivity index (χ0) is 23.9. The van der Waals surface area contributed by atoms with E-state index >= 15 is 0 Å². The smallest absolute Gasteiger partial charge is 0.243 e. The highest BCUT2D eigenvalue weighted by Crippen LogP contribution is 2.38. The van der Waals surface area contributed by atoms with Gasteiger partial charge < -0.3 is 9.80 Å². The third-order valence-corrected chi connectivity index (χ3v) is 9.97. The van der Waals surface area contributed by atoms with Crippen molar-refractivity contribution in [1.29, 1.82) is 0 Å². The molecule has 2 aromatic rings. The van der Waals surface area contributed by atoms with Crippen LogP contribution >= 0.6 is 11.8 Å². The highest BCUT2D eigenvalue weighted by atomic mass is 32.2. The molecule has 1 fully saturated rings. The summed E-state index contributed by atoms with van der Waals surface area (Å²) in [4.78, 5) is 30.3. The van der Waals surface area contributed by atoms with Gasteiger partial charge in [0.2, 0.25) is 21.8 Å². The number of thioether (sulfide) groups is 1. The van der Waals surface area contributed by atoms with Gasteiger partial charge in [-0.25, -0.2) is 8.42 Å². The molecule has 0 aliphatic carbocycles. The molecule has 0 atom stereocenters. The molecule has 0 N–H and O–H groups in total. The van der Waals surface area contributed by atoms with Crippen LogP contribution in [0, 0.1) is 5.92 Å². The van der Waals surface area contributed by atoms with Gasteiger partial charge in [-0.1, -0.05) is 31.2 Å². The second-order valence-electron chi connectivity index (χ2n) is 9.32. The highest BCUT2D eigenvalue weighted by Gasteiger charge is 2.33. The quantitative estimate of drug-likeness (QED) is 0.646. The molecule has 0 saturated carbocycles. The van der Waals surface area contributed by atoms with Gasteiger partial charge in [-0.3, -0.25) is 9.59 Å². The Kier molecular flexibility index (Phi) is 6.43. The van der Waals surface area contributed by atoms with E-state index in [0.29, 0.717) is 37.8 Å². The Balaban J connectivity index is 1.38. The largest absolute Gasteiger partial charge is 0.336 e. The number of hydrogen-bond donors (Lipinski definition) is 0. The van der Waals surface area contributed by atoms with E-state index in [1.54, 1.807) is 23.1 Å². The first-order valence-corrected chi connectivity index (χ1v) is 14.2. The monoisotopic (exact) mass is 499 g/mol. The molecule has 180 valence electrons. The molecule has 7 nitrogen and oxygen atoms in total. The molecule has 3 aliphatic heterocycles. The van der Waals surface area contributed by atoms with Crippen LogP contribution in [0.15, 0.2) is 52.3 Å². The van der Waals surface area contributed by atoms with Crippen molar-refractivity contribution in [3.63, 3.8) is 0 Å². The van der Waals surface area contributed by atoms with Gasteiger partial charge in [0.1, 0.15) is 6.54 Å². The summed E-state index contributed by atoms with van der Waals surface area (Å²) in [6.45, 7) is 4.21. The van der Waals surface area contributed by atoms with Crippen LogP contribution in [-0.2, 0) is 32.6 Å². The lowest BCUT2D eigenvalue weighted by Crippen LogP contribution is -2.46. The molecule has 2 amide bonds. The standard InChI is InChI=1S/C25H29N3O4S2/c1-18-8-12-27(13-9-18)34(31,32)21-6-7-23-22(14-21)28(25(30)17-33-23)16-24(29)26-11-10-19-4-2-3-5-20(19)15-26/h2-7,14,18H,8-13,15-17H2,1H3. The molecule has 5 rings (SSSR count). The molecule has 3 aliphatic rings. The highest BCUT2D eigenvalue weighted by molar-refractivity contribution is 8.00. The van der Waals surface area contributed by atoms with Crippen molar-refractivity contribution in [3.05, 3.63) is 53.6 Å². The molecule has 0 unspecified atom stereocenters. The van der Waals surface area contributed by atoms with Gasteiger partial charge in [0.25, 0.3) is 0 Å². The fraction of sp³-hybridized carbons (Fsp3) is 0.440. The van der Waals surface area contributed by atoms with E-state index < -0.39 is 10.0 Å². The molecule has 3 heterocycles. The van der Waals surface area contributed by atoms with Gasteiger partial charge in [-0.05, 0) is 54.5 Å². The van der Waals surface area contributed by atoms with Crippen LogP contribution in [0.25, 0.3) is 0 Å². The van der Waals surface area contributed by atoms with Gasteiger partial charge in [0.05, 0.1) is 16.3 Å². The normalized spacial score (nSPS) is 19.6. The summed E-state index contributed by atoms with van der Waals surface area (Å²) < 4.78 is 28.1. The lowest BCUT2D eigenvalue weighted by molar-refractivity contribution is -0.132. The minimum Gasteiger partial charge on any atom is -0.336 e. The molecule has 0 spiro atoms. The Morgan fingerprint density at radius 1 is 1.06 bits per heavy atom.